The number of hydrogen-bond donors (Lipinski definition) is 4. The van der Waals surface area contributed by atoms with E-state index in [9.17, 15) is 9.81 Å². The number of hydrogen-bond acceptors (Lipinski definition) is 8. The highest BCUT2D eigenvalue weighted by molar-refractivity contribution is 5.15. The lowest BCUT2D eigenvalue weighted by Gasteiger charge is -2.32. The molecular weight excluding hydrogens is 176 g/mol. The highest BCUT2D eigenvalue weighted by atomic mass is 16.3. The Balaban J connectivity index is 3.04. The summed E-state index contributed by atoms with van der Waals surface area (Å²) in [6.07, 6.45) is -0.472. The maximum Gasteiger partial charge on any atom is 0.238 e. The number of nitroso groups, excluding NO2 is 2. The van der Waals surface area contributed by atoms with Crippen molar-refractivity contribution in [3.05, 3.63) is 9.81 Å². The van der Waals surface area contributed by atoms with E-state index < -0.39 is 17.0 Å². The molecule has 0 radical (unpaired) electrons. The van der Waals surface area contributed by atoms with Gasteiger partial charge in [0.05, 0.1) is 0 Å². The summed E-state index contributed by atoms with van der Waals surface area (Å²) in [4.78, 5) is 20.7. The summed E-state index contributed by atoms with van der Waals surface area (Å²) in [5.41, 5.74) is 17.3. The van der Waals surface area contributed by atoms with Crippen molar-refractivity contribution in [3.8, 4) is 0 Å². The molecule has 0 atom stereocenters. The van der Waals surface area contributed by atoms with Gasteiger partial charge in [0.2, 0.25) is 5.66 Å². The Morgan fingerprint density at radius 3 is 1.31 bits per heavy atom. The summed E-state index contributed by atoms with van der Waals surface area (Å²) < 4.78 is 0. The first-order chi connectivity index (χ1) is 5.79. The summed E-state index contributed by atoms with van der Waals surface area (Å²) in [6, 6.07) is 0. The second kappa shape index (κ2) is 2.51. The summed E-state index contributed by atoms with van der Waals surface area (Å²) in [6.45, 7) is 0. The zero-order chi connectivity index (χ0) is 10.3. The minimum Gasteiger partial charge on any atom is -0.311 e. The highest BCUT2D eigenvalue weighted by Crippen LogP contribution is 2.40. The van der Waals surface area contributed by atoms with Crippen LogP contribution in [-0.4, -0.2) is 17.0 Å². The van der Waals surface area contributed by atoms with Crippen LogP contribution in [0.2, 0.25) is 0 Å². The van der Waals surface area contributed by atoms with Gasteiger partial charge in [-0.1, -0.05) is 0 Å². The minimum absolute atomic E-state index is 0.236. The topological polar surface area (TPSA) is 163 Å². The Bertz CT molecular complexity index is 223. The van der Waals surface area contributed by atoms with Gasteiger partial charge in [0, 0.05) is 12.8 Å². The lowest BCUT2D eigenvalue weighted by atomic mass is 10.0. The molecule has 1 aliphatic rings. The number of nitrogens with two attached hydrogens (primary N) is 4. The molecule has 0 aliphatic heterocycles. The minimum atomic E-state index is -1.72. The maximum atomic E-state index is 10.4. The van der Waals surface area contributed by atoms with E-state index in [1.165, 1.54) is 0 Å². The molecule has 0 amide bonds. The molecule has 8 N–H and O–H groups in total. The largest absolute Gasteiger partial charge is 0.311 e. The standard InChI is InChI=1S/C5H12N6O2/c6-4(7)1-3(10-12,11-13)2-5(4,8)9/h1-2,6-9H2. The predicted molar refractivity (Wildman–Crippen MR) is 45.8 cm³/mol. The van der Waals surface area contributed by atoms with Crippen LogP contribution in [0.25, 0.3) is 0 Å². The SMILES string of the molecule is NC1(N)CC(N=O)(N=O)CC1(N)N. The molecule has 0 aromatic rings. The molecule has 0 heterocycles. The van der Waals surface area contributed by atoms with Crippen LogP contribution in [0.3, 0.4) is 0 Å². The molecule has 1 rings (SSSR count). The first kappa shape index (κ1) is 10.1. The average molecular weight is 188 g/mol. The van der Waals surface area contributed by atoms with E-state index in [2.05, 4.69) is 10.4 Å². The van der Waals surface area contributed by atoms with Crippen molar-refractivity contribution >= 4 is 0 Å². The molecule has 0 spiro atoms. The summed E-state index contributed by atoms with van der Waals surface area (Å²) in [7, 11) is 0. The molecule has 0 aromatic heterocycles. The fourth-order valence-electron chi connectivity index (χ4n) is 1.47. The molecule has 0 unspecified atom stereocenters. The number of rotatable bonds is 2. The fourth-order valence-corrected chi connectivity index (χ4v) is 1.47. The van der Waals surface area contributed by atoms with Crippen LogP contribution in [0, 0.1) is 9.81 Å². The number of nitrogens with zero attached hydrogens (tertiary/aromatic N) is 2. The smallest absolute Gasteiger partial charge is 0.238 e. The van der Waals surface area contributed by atoms with Gasteiger partial charge in [0.1, 0.15) is 11.3 Å². The Kier molecular flexibility index (Phi) is 1.96. The molecule has 8 heteroatoms. The van der Waals surface area contributed by atoms with Crippen LogP contribution in [0.15, 0.2) is 10.4 Å². The average Bonchev–Trinajstić information content (AvgIpc) is 2.19. The fraction of sp³-hybridized carbons (Fsp3) is 1.00. The van der Waals surface area contributed by atoms with Gasteiger partial charge in [0.15, 0.2) is 0 Å². The van der Waals surface area contributed by atoms with Crippen molar-refractivity contribution in [3.63, 3.8) is 0 Å². The van der Waals surface area contributed by atoms with Crippen LogP contribution in [0.5, 0.6) is 0 Å². The van der Waals surface area contributed by atoms with Crippen molar-refractivity contribution < 1.29 is 0 Å². The molecule has 13 heavy (non-hydrogen) atoms. The zero-order valence-corrected chi connectivity index (χ0v) is 6.93. The molecule has 1 fully saturated rings. The quantitative estimate of drug-likeness (QED) is 0.296. The van der Waals surface area contributed by atoms with E-state index in [-0.39, 0.29) is 12.8 Å². The molecule has 8 nitrogen and oxygen atoms in total. The molecule has 1 saturated carbocycles. The highest BCUT2D eigenvalue weighted by Gasteiger charge is 2.60. The normalized spacial score (nSPS) is 28.3. The van der Waals surface area contributed by atoms with Gasteiger partial charge in [0.25, 0.3) is 0 Å². The van der Waals surface area contributed by atoms with Crippen LogP contribution < -0.4 is 22.9 Å². The predicted octanol–water partition coefficient (Wildman–Crippen LogP) is -1.76. The zero-order valence-electron chi connectivity index (χ0n) is 6.93. The Hall–Kier alpha value is -0.960. The van der Waals surface area contributed by atoms with Gasteiger partial charge in [-0.3, -0.25) is 0 Å². The van der Waals surface area contributed by atoms with Gasteiger partial charge >= 0.3 is 0 Å². The molecule has 0 bridgehead atoms. The second-order valence-electron chi connectivity index (χ2n) is 3.60. The summed E-state index contributed by atoms with van der Waals surface area (Å²) >= 11 is 0. The third kappa shape index (κ3) is 1.33. The van der Waals surface area contributed by atoms with E-state index in [0.717, 1.165) is 0 Å². The third-order valence-electron chi connectivity index (χ3n) is 2.36. The molecular formula is C5H12N6O2. The molecule has 0 saturated heterocycles. The van der Waals surface area contributed by atoms with Crippen LogP contribution >= 0.6 is 0 Å². The molecule has 0 aromatic carbocycles. The van der Waals surface area contributed by atoms with Gasteiger partial charge < -0.3 is 22.9 Å². The van der Waals surface area contributed by atoms with E-state index >= 15 is 0 Å². The van der Waals surface area contributed by atoms with Crippen molar-refractivity contribution in [2.75, 3.05) is 0 Å². The lowest BCUT2D eigenvalue weighted by Crippen LogP contribution is -2.72. The van der Waals surface area contributed by atoms with Crippen molar-refractivity contribution in [2.24, 2.45) is 33.3 Å². The summed E-state index contributed by atoms with van der Waals surface area (Å²) in [5.74, 6) is 0. The van der Waals surface area contributed by atoms with Crippen molar-refractivity contribution in [2.45, 2.75) is 29.8 Å². The van der Waals surface area contributed by atoms with E-state index in [0.29, 0.717) is 0 Å². The van der Waals surface area contributed by atoms with Gasteiger partial charge in [-0.05, 0) is 10.4 Å². The maximum absolute atomic E-state index is 10.4. The Morgan fingerprint density at radius 1 is 0.846 bits per heavy atom. The van der Waals surface area contributed by atoms with Crippen LogP contribution in [0.4, 0.5) is 0 Å². The van der Waals surface area contributed by atoms with Crippen LogP contribution in [0.1, 0.15) is 12.8 Å². The van der Waals surface area contributed by atoms with E-state index in [1.54, 1.807) is 0 Å². The Labute approximate surface area is 73.9 Å². The molecule has 74 valence electrons. The van der Waals surface area contributed by atoms with E-state index in [1.807, 2.05) is 0 Å². The van der Waals surface area contributed by atoms with Gasteiger partial charge in [-0.25, -0.2) is 0 Å². The van der Waals surface area contributed by atoms with E-state index in [4.69, 9.17) is 22.9 Å². The lowest BCUT2D eigenvalue weighted by molar-refractivity contribution is 0.277. The Morgan fingerprint density at radius 2 is 1.15 bits per heavy atom. The third-order valence-corrected chi connectivity index (χ3v) is 2.36. The van der Waals surface area contributed by atoms with Crippen LogP contribution in [-0.2, 0) is 0 Å². The molecule has 1 aliphatic carbocycles. The second-order valence-corrected chi connectivity index (χ2v) is 3.60. The summed E-state index contributed by atoms with van der Waals surface area (Å²) in [5, 5.41) is 5.16. The monoisotopic (exact) mass is 188 g/mol. The van der Waals surface area contributed by atoms with Crippen molar-refractivity contribution in [1.29, 1.82) is 0 Å². The van der Waals surface area contributed by atoms with Gasteiger partial charge in [-0.15, -0.1) is 9.81 Å². The first-order valence-electron chi connectivity index (χ1n) is 3.63. The van der Waals surface area contributed by atoms with Gasteiger partial charge in [-0.2, -0.15) is 0 Å². The first-order valence-corrected chi connectivity index (χ1v) is 3.63. The van der Waals surface area contributed by atoms with Crippen molar-refractivity contribution in [1.82, 2.24) is 0 Å².